The van der Waals surface area contributed by atoms with Gasteiger partial charge in [-0.3, -0.25) is 0 Å². The van der Waals surface area contributed by atoms with Gasteiger partial charge in [0, 0.05) is 22.1 Å². The predicted octanol–water partition coefficient (Wildman–Crippen LogP) is 15.4. The van der Waals surface area contributed by atoms with Gasteiger partial charge in [0.2, 0.25) is 0 Å². The molecule has 7 aliphatic rings. The summed E-state index contributed by atoms with van der Waals surface area (Å²) in [7, 11) is 0. The minimum absolute atomic E-state index is 0.00429. The minimum Gasteiger partial charge on any atom is -0.456 e. The number of benzene rings is 5. The van der Waals surface area contributed by atoms with Crippen LogP contribution in [-0.2, 0) is 27.1 Å². The number of para-hydroxylation sites is 1. The molecule has 0 aromatic heterocycles. The summed E-state index contributed by atoms with van der Waals surface area (Å²) in [5.74, 6) is 5.21. The van der Waals surface area contributed by atoms with Crippen molar-refractivity contribution in [2.75, 3.05) is 4.90 Å². The van der Waals surface area contributed by atoms with Crippen LogP contribution in [0.3, 0.4) is 0 Å². The molecule has 5 aromatic carbocycles. The van der Waals surface area contributed by atoms with Gasteiger partial charge in [0.15, 0.2) is 0 Å². The first-order valence-electron chi connectivity index (χ1n) is 22.8. The van der Waals surface area contributed by atoms with Crippen LogP contribution in [0.15, 0.2) is 103 Å². The number of ether oxygens (including phenoxy) is 1. The Morgan fingerprint density at radius 1 is 0.448 bits per heavy atom. The van der Waals surface area contributed by atoms with Crippen LogP contribution in [0.1, 0.15) is 147 Å². The second-order valence-corrected chi connectivity index (χ2v) is 22.2. The summed E-state index contributed by atoms with van der Waals surface area (Å²) >= 11 is 0. The Kier molecular flexibility index (Phi) is 7.84. The molecule has 0 saturated heterocycles. The molecular formula is C56H63NO. The first kappa shape index (κ1) is 36.8. The molecule has 1 heterocycles. The van der Waals surface area contributed by atoms with Crippen LogP contribution in [0.2, 0.25) is 0 Å². The van der Waals surface area contributed by atoms with Crippen molar-refractivity contribution in [1.82, 2.24) is 0 Å². The van der Waals surface area contributed by atoms with E-state index in [0.717, 1.165) is 36.2 Å². The van der Waals surface area contributed by atoms with Crippen LogP contribution in [0, 0.1) is 23.7 Å². The van der Waals surface area contributed by atoms with Crippen LogP contribution >= 0.6 is 0 Å². The molecule has 0 amide bonds. The minimum atomic E-state index is -0.0274. The highest BCUT2D eigenvalue weighted by molar-refractivity contribution is 5.95. The molecule has 6 aliphatic carbocycles. The zero-order chi connectivity index (χ0) is 40.0. The fraction of sp³-hybridized carbons (Fsp3) is 0.464. The number of anilines is 3. The maximum Gasteiger partial charge on any atom is 0.141 e. The zero-order valence-corrected chi connectivity index (χ0v) is 36.3. The Bertz CT molecular complexity index is 2350. The van der Waals surface area contributed by atoms with Crippen LogP contribution < -0.4 is 9.64 Å². The summed E-state index contributed by atoms with van der Waals surface area (Å²) in [6, 6.07) is 40.1. The maximum atomic E-state index is 7.50. The van der Waals surface area contributed by atoms with Crippen molar-refractivity contribution in [3.05, 3.63) is 137 Å². The monoisotopic (exact) mass is 765 g/mol. The highest BCUT2D eigenvalue weighted by atomic mass is 16.5. The SMILES string of the molecule is CC1(C)CCC(C)(C)c2c(N(c3ccc4c(c3-c3ccccc3)Oc3ccccc3C43C4CC5CC(C4)CC3C5)c3cccc4c3C(C)(C)CCC4(C)C)cccc21. The van der Waals surface area contributed by atoms with Gasteiger partial charge in [0.1, 0.15) is 11.5 Å². The first-order valence-corrected chi connectivity index (χ1v) is 22.8. The van der Waals surface area contributed by atoms with Crippen molar-refractivity contribution in [2.24, 2.45) is 23.7 Å². The highest BCUT2D eigenvalue weighted by Crippen LogP contribution is 2.70. The number of rotatable bonds is 4. The van der Waals surface area contributed by atoms with Crippen LogP contribution in [-0.4, -0.2) is 0 Å². The summed E-state index contributed by atoms with van der Waals surface area (Å²) in [5.41, 5.74) is 15.3. The van der Waals surface area contributed by atoms with Crippen molar-refractivity contribution in [1.29, 1.82) is 0 Å². The fourth-order valence-corrected chi connectivity index (χ4v) is 14.2. The average Bonchev–Trinajstić information content (AvgIpc) is 3.20. The highest BCUT2D eigenvalue weighted by Gasteiger charge is 2.61. The van der Waals surface area contributed by atoms with E-state index in [2.05, 4.69) is 163 Å². The molecule has 298 valence electrons. The van der Waals surface area contributed by atoms with Gasteiger partial charge in [-0.2, -0.15) is 0 Å². The molecule has 1 spiro atoms. The quantitative estimate of drug-likeness (QED) is 0.181. The van der Waals surface area contributed by atoms with Crippen LogP contribution in [0.4, 0.5) is 17.1 Å². The Morgan fingerprint density at radius 3 is 1.52 bits per heavy atom. The Balaban J connectivity index is 1.26. The predicted molar refractivity (Wildman–Crippen MR) is 241 cm³/mol. The van der Waals surface area contributed by atoms with E-state index in [4.69, 9.17) is 4.74 Å². The molecule has 1 aliphatic heterocycles. The van der Waals surface area contributed by atoms with Crippen LogP contribution in [0.5, 0.6) is 11.5 Å². The maximum absolute atomic E-state index is 7.50. The van der Waals surface area contributed by atoms with Gasteiger partial charge in [-0.15, -0.1) is 0 Å². The van der Waals surface area contributed by atoms with Crippen molar-refractivity contribution < 1.29 is 4.74 Å². The Labute approximate surface area is 348 Å². The van der Waals surface area contributed by atoms with E-state index in [0.29, 0.717) is 11.8 Å². The summed E-state index contributed by atoms with van der Waals surface area (Å²) < 4.78 is 7.50. The molecule has 0 unspecified atom stereocenters. The molecule has 0 radical (unpaired) electrons. The molecule has 58 heavy (non-hydrogen) atoms. The topological polar surface area (TPSA) is 12.5 Å². The standard InChI is InChI=1S/C56H63NO/c1-52(2)26-28-54(5,6)49-41(52)19-14-21-45(49)57(46-22-15-20-42-50(46)55(7,8)29-27-53(42,3)4)44-25-24-43-51(48(44)37-16-10-9-11-17-37)58-47-23-13-12-18-40(47)56(43)38-31-35-30-36(33-38)34-39(56)32-35/h9-25,35-36,38-39H,26-34H2,1-8H3. The van der Waals surface area contributed by atoms with E-state index < -0.39 is 0 Å². The molecule has 4 bridgehead atoms. The summed E-state index contributed by atoms with van der Waals surface area (Å²) in [6.45, 7) is 19.9. The van der Waals surface area contributed by atoms with Crippen molar-refractivity contribution in [2.45, 2.75) is 140 Å². The molecule has 4 fully saturated rings. The second kappa shape index (κ2) is 12.4. The van der Waals surface area contributed by atoms with E-state index >= 15 is 0 Å². The van der Waals surface area contributed by atoms with Gasteiger partial charge in [-0.25, -0.2) is 0 Å². The number of fused-ring (bicyclic) bond motifs is 4. The smallest absolute Gasteiger partial charge is 0.141 e. The molecule has 2 heteroatoms. The Morgan fingerprint density at radius 2 is 0.948 bits per heavy atom. The number of hydrogen-bond acceptors (Lipinski definition) is 2. The lowest BCUT2D eigenvalue weighted by atomic mass is 9.41. The lowest BCUT2D eigenvalue weighted by Crippen LogP contribution is -2.57. The number of nitrogens with zero attached hydrogens (tertiary/aromatic N) is 1. The van der Waals surface area contributed by atoms with E-state index in [-0.39, 0.29) is 27.1 Å². The normalized spacial score (nSPS) is 28.5. The average molecular weight is 766 g/mol. The molecule has 12 rings (SSSR count). The summed E-state index contributed by atoms with van der Waals surface area (Å²) in [5, 5.41) is 0. The molecular weight excluding hydrogens is 703 g/mol. The lowest BCUT2D eigenvalue weighted by molar-refractivity contribution is -0.0451. The van der Waals surface area contributed by atoms with E-state index in [1.165, 1.54) is 107 Å². The van der Waals surface area contributed by atoms with Gasteiger partial charge in [-0.05, 0) is 155 Å². The van der Waals surface area contributed by atoms with Gasteiger partial charge < -0.3 is 9.64 Å². The van der Waals surface area contributed by atoms with Gasteiger partial charge in [0.05, 0.1) is 17.1 Å². The summed E-state index contributed by atoms with van der Waals surface area (Å²) in [4.78, 5) is 2.74. The largest absolute Gasteiger partial charge is 0.456 e. The molecule has 0 N–H and O–H groups in total. The van der Waals surface area contributed by atoms with Gasteiger partial charge in [0.25, 0.3) is 0 Å². The summed E-state index contributed by atoms with van der Waals surface area (Å²) in [6.07, 6.45) is 11.5. The van der Waals surface area contributed by atoms with Crippen molar-refractivity contribution >= 4 is 17.1 Å². The third-order valence-corrected chi connectivity index (χ3v) is 17.0. The third-order valence-electron chi connectivity index (χ3n) is 17.0. The van der Waals surface area contributed by atoms with E-state index in [9.17, 15) is 0 Å². The molecule has 4 saturated carbocycles. The Hall–Kier alpha value is -4.30. The molecule has 2 nitrogen and oxygen atoms in total. The van der Waals surface area contributed by atoms with E-state index in [1.807, 2.05) is 0 Å². The molecule has 0 atom stereocenters. The number of hydrogen-bond donors (Lipinski definition) is 0. The van der Waals surface area contributed by atoms with E-state index in [1.54, 1.807) is 0 Å². The molecule has 5 aromatic rings. The van der Waals surface area contributed by atoms with Crippen molar-refractivity contribution in [3.8, 4) is 22.6 Å². The zero-order valence-electron chi connectivity index (χ0n) is 36.3. The first-order chi connectivity index (χ1) is 27.7. The van der Waals surface area contributed by atoms with Crippen molar-refractivity contribution in [3.63, 3.8) is 0 Å². The lowest BCUT2D eigenvalue weighted by Gasteiger charge is -2.63. The van der Waals surface area contributed by atoms with Gasteiger partial charge in [-0.1, -0.05) is 134 Å². The second-order valence-electron chi connectivity index (χ2n) is 22.2. The third kappa shape index (κ3) is 5.08. The fourth-order valence-electron chi connectivity index (χ4n) is 14.2. The van der Waals surface area contributed by atoms with Crippen LogP contribution in [0.25, 0.3) is 11.1 Å². The van der Waals surface area contributed by atoms with Gasteiger partial charge >= 0.3 is 0 Å².